The topological polar surface area (TPSA) is 42.4 Å². The van der Waals surface area contributed by atoms with E-state index in [1.54, 1.807) is 7.11 Å². The van der Waals surface area contributed by atoms with Crippen LogP contribution in [0.25, 0.3) is 0 Å². The second kappa shape index (κ2) is 7.95. The first kappa shape index (κ1) is 16.5. The Kier molecular flexibility index (Phi) is 5.47. The Morgan fingerprint density at radius 3 is 2.83 bits per heavy atom. The highest BCUT2D eigenvalue weighted by Crippen LogP contribution is 2.30. The van der Waals surface area contributed by atoms with Gasteiger partial charge in [-0.2, -0.15) is 0 Å². The Labute approximate surface area is 143 Å². The second-order valence-corrected chi connectivity index (χ2v) is 6.26. The lowest BCUT2D eigenvalue weighted by molar-refractivity contribution is -0.132. The van der Waals surface area contributed by atoms with Crippen molar-refractivity contribution >= 4 is 5.91 Å². The number of likely N-dealkylation sites (tertiary alicyclic amines) is 1. The summed E-state index contributed by atoms with van der Waals surface area (Å²) < 4.78 is 5.26. The molecule has 24 heavy (non-hydrogen) atoms. The van der Waals surface area contributed by atoms with Crippen molar-refractivity contribution in [3.63, 3.8) is 0 Å². The average molecular weight is 324 g/mol. The van der Waals surface area contributed by atoms with Crippen LogP contribution in [0, 0.1) is 0 Å². The minimum absolute atomic E-state index is 0.161. The van der Waals surface area contributed by atoms with Gasteiger partial charge in [0.15, 0.2) is 0 Å². The van der Waals surface area contributed by atoms with Crippen LogP contribution in [0.1, 0.15) is 42.9 Å². The summed E-state index contributed by atoms with van der Waals surface area (Å²) in [6.07, 6.45) is 8.48. The predicted octanol–water partition coefficient (Wildman–Crippen LogP) is 3.78. The van der Waals surface area contributed by atoms with Crippen molar-refractivity contribution in [2.24, 2.45) is 0 Å². The van der Waals surface area contributed by atoms with Crippen LogP contribution in [-0.2, 0) is 11.2 Å². The molecule has 0 unspecified atom stereocenters. The number of hydrogen-bond donors (Lipinski definition) is 0. The number of benzene rings is 1. The number of hydrogen-bond acceptors (Lipinski definition) is 3. The van der Waals surface area contributed by atoms with E-state index in [1.165, 1.54) is 12.0 Å². The highest BCUT2D eigenvalue weighted by molar-refractivity contribution is 5.79. The van der Waals surface area contributed by atoms with Crippen molar-refractivity contribution in [1.29, 1.82) is 0 Å². The molecule has 2 heterocycles. The molecular formula is C20H24N2O2. The average Bonchev–Trinajstić information content (AvgIpc) is 2.88. The van der Waals surface area contributed by atoms with E-state index in [9.17, 15) is 4.79 Å². The van der Waals surface area contributed by atoms with Crippen LogP contribution in [0.5, 0.6) is 5.75 Å². The molecule has 0 bridgehead atoms. The minimum Gasteiger partial charge on any atom is -0.497 e. The van der Waals surface area contributed by atoms with Gasteiger partial charge in [0.05, 0.1) is 19.6 Å². The van der Waals surface area contributed by atoms with Crippen molar-refractivity contribution < 1.29 is 9.53 Å². The molecule has 0 aliphatic carbocycles. The van der Waals surface area contributed by atoms with Crippen LogP contribution in [0.2, 0.25) is 0 Å². The summed E-state index contributed by atoms with van der Waals surface area (Å²) >= 11 is 0. The number of aromatic nitrogens is 1. The van der Waals surface area contributed by atoms with Crippen molar-refractivity contribution in [3.8, 4) is 5.75 Å². The molecule has 1 aliphatic heterocycles. The molecule has 4 heteroatoms. The fourth-order valence-electron chi connectivity index (χ4n) is 3.40. The summed E-state index contributed by atoms with van der Waals surface area (Å²) in [5.74, 6) is 0.980. The number of ether oxygens (including phenoxy) is 1. The van der Waals surface area contributed by atoms with Gasteiger partial charge < -0.3 is 9.64 Å². The van der Waals surface area contributed by atoms with Crippen LogP contribution in [0.3, 0.4) is 0 Å². The zero-order valence-electron chi connectivity index (χ0n) is 14.1. The number of pyridine rings is 1. The van der Waals surface area contributed by atoms with E-state index in [0.29, 0.717) is 6.42 Å². The quantitative estimate of drug-likeness (QED) is 0.859. The molecule has 2 aromatic rings. The zero-order valence-corrected chi connectivity index (χ0v) is 14.1. The van der Waals surface area contributed by atoms with E-state index >= 15 is 0 Å². The fourth-order valence-corrected chi connectivity index (χ4v) is 3.40. The van der Waals surface area contributed by atoms with E-state index < -0.39 is 0 Å². The lowest BCUT2D eigenvalue weighted by Crippen LogP contribution is -2.35. The van der Waals surface area contributed by atoms with Gasteiger partial charge in [-0.1, -0.05) is 25.0 Å². The molecule has 3 rings (SSSR count). The monoisotopic (exact) mass is 324 g/mol. The Morgan fingerprint density at radius 2 is 2.04 bits per heavy atom. The molecule has 1 aliphatic rings. The molecule has 1 atom stereocenters. The largest absolute Gasteiger partial charge is 0.497 e. The minimum atomic E-state index is 0.161. The van der Waals surface area contributed by atoms with Crippen LogP contribution in [0.4, 0.5) is 0 Å². The number of carbonyl (C=O) groups is 1. The van der Waals surface area contributed by atoms with Gasteiger partial charge in [-0.15, -0.1) is 0 Å². The lowest BCUT2D eigenvalue weighted by Gasteiger charge is -2.30. The van der Waals surface area contributed by atoms with E-state index in [4.69, 9.17) is 4.74 Å². The molecule has 1 aromatic carbocycles. The predicted molar refractivity (Wildman–Crippen MR) is 93.9 cm³/mol. The molecule has 4 nitrogen and oxygen atoms in total. The van der Waals surface area contributed by atoms with Crippen molar-refractivity contribution in [1.82, 2.24) is 9.88 Å². The van der Waals surface area contributed by atoms with E-state index in [2.05, 4.69) is 9.88 Å². The van der Waals surface area contributed by atoms with Gasteiger partial charge in [0.2, 0.25) is 5.91 Å². The van der Waals surface area contributed by atoms with E-state index in [1.807, 2.05) is 48.8 Å². The van der Waals surface area contributed by atoms with E-state index in [-0.39, 0.29) is 11.9 Å². The van der Waals surface area contributed by atoms with Crippen LogP contribution in [-0.4, -0.2) is 29.4 Å². The van der Waals surface area contributed by atoms with Gasteiger partial charge in [0.1, 0.15) is 5.75 Å². The first-order valence-corrected chi connectivity index (χ1v) is 8.60. The number of nitrogens with zero attached hydrogens (tertiary/aromatic N) is 2. The zero-order chi connectivity index (χ0) is 16.8. The van der Waals surface area contributed by atoms with Crippen molar-refractivity contribution in [2.45, 2.75) is 38.1 Å². The standard InChI is InChI=1S/C20H24N2O2/c1-24-18-7-5-6-16(14-18)15-20(23)22-13-4-2-3-8-19(22)17-9-11-21-12-10-17/h5-7,9-12,14,19H,2-4,8,13,15H2,1H3/t19-/m0/s1. The summed E-state index contributed by atoms with van der Waals surface area (Å²) in [5, 5.41) is 0. The maximum absolute atomic E-state index is 13.0. The molecule has 1 saturated heterocycles. The molecule has 1 fully saturated rings. The Morgan fingerprint density at radius 1 is 1.21 bits per heavy atom. The number of carbonyl (C=O) groups excluding carboxylic acids is 1. The Balaban J connectivity index is 1.79. The maximum Gasteiger partial charge on any atom is 0.227 e. The molecular weight excluding hydrogens is 300 g/mol. The van der Waals surface area contributed by atoms with Crippen LogP contribution >= 0.6 is 0 Å². The first-order valence-electron chi connectivity index (χ1n) is 8.60. The van der Waals surface area contributed by atoms with Gasteiger partial charge in [0.25, 0.3) is 0 Å². The summed E-state index contributed by atoms with van der Waals surface area (Å²) in [4.78, 5) is 19.1. The van der Waals surface area contributed by atoms with Crippen LogP contribution < -0.4 is 4.74 Å². The molecule has 126 valence electrons. The summed E-state index contributed by atoms with van der Waals surface area (Å²) in [7, 11) is 1.65. The number of rotatable bonds is 4. The van der Waals surface area contributed by atoms with Gasteiger partial charge in [-0.25, -0.2) is 0 Å². The van der Waals surface area contributed by atoms with Gasteiger partial charge in [0, 0.05) is 18.9 Å². The lowest BCUT2D eigenvalue weighted by atomic mass is 10.0. The summed E-state index contributed by atoms with van der Waals surface area (Å²) in [5.41, 5.74) is 2.18. The van der Waals surface area contributed by atoms with E-state index in [0.717, 1.165) is 37.1 Å². The second-order valence-electron chi connectivity index (χ2n) is 6.26. The van der Waals surface area contributed by atoms with Crippen molar-refractivity contribution in [2.75, 3.05) is 13.7 Å². The van der Waals surface area contributed by atoms with Gasteiger partial charge in [-0.3, -0.25) is 9.78 Å². The molecule has 0 saturated carbocycles. The first-order chi connectivity index (χ1) is 11.8. The third-order valence-corrected chi connectivity index (χ3v) is 4.65. The highest BCUT2D eigenvalue weighted by Gasteiger charge is 2.26. The van der Waals surface area contributed by atoms with Gasteiger partial charge >= 0.3 is 0 Å². The highest BCUT2D eigenvalue weighted by atomic mass is 16.5. The molecule has 0 radical (unpaired) electrons. The number of methoxy groups -OCH3 is 1. The molecule has 0 N–H and O–H groups in total. The Hall–Kier alpha value is -2.36. The SMILES string of the molecule is COc1cccc(CC(=O)N2CCCCC[C@H]2c2ccncc2)c1. The molecule has 1 aromatic heterocycles. The fraction of sp³-hybridized carbons (Fsp3) is 0.400. The third kappa shape index (κ3) is 3.94. The smallest absolute Gasteiger partial charge is 0.227 e. The maximum atomic E-state index is 13.0. The summed E-state index contributed by atoms with van der Waals surface area (Å²) in [6.45, 7) is 0.829. The van der Waals surface area contributed by atoms with Gasteiger partial charge in [-0.05, 0) is 48.2 Å². The summed E-state index contributed by atoms with van der Waals surface area (Å²) in [6, 6.07) is 12.0. The molecule has 0 spiro atoms. The van der Waals surface area contributed by atoms with Crippen LogP contribution in [0.15, 0.2) is 48.8 Å². The number of amides is 1. The Bertz CT molecular complexity index is 672. The molecule has 1 amide bonds. The normalized spacial score (nSPS) is 18.0. The third-order valence-electron chi connectivity index (χ3n) is 4.65. The van der Waals surface area contributed by atoms with Crippen molar-refractivity contribution in [3.05, 3.63) is 59.9 Å².